The fourth-order valence-corrected chi connectivity index (χ4v) is 2.03. The number of carbonyl (C=O) groups is 1. The molecule has 2 N–H and O–H groups in total. The van der Waals surface area contributed by atoms with Gasteiger partial charge < -0.3 is 10.6 Å². The lowest BCUT2D eigenvalue weighted by Crippen LogP contribution is -2.26. The molecular formula is C17H20N2O. The fraction of sp³-hybridized carbons (Fsp3) is 0.235. The molecule has 1 amide bonds. The molecule has 0 heterocycles. The third kappa shape index (κ3) is 2.89. The molecule has 0 aromatic heterocycles. The Morgan fingerprint density at radius 1 is 1.05 bits per heavy atom. The van der Waals surface area contributed by atoms with Gasteiger partial charge in [0.25, 0.3) is 5.91 Å². The number of amides is 1. The predicted molar refractivity (Wildman–Crippen MR) is 83.0 cm³/mol. The summed E-state index contributed by atoms with van der Waals surface area (Å²) in [4.78, 5) is 14.1. The molecule has 2 rings (SSSR count). The number of nitrogens with zero attached hydrogens (tertiary/aromatic N) is 1. The van der Waals surface area contributed by atoms with Crippen molar-refractivity contribution < 1.29 is 4.79 Å². The van der Waals surface area contributed by atoms with E-state index in [0.29, 0.717) is 12.1 Å². The molecule has 20 heavy (non-hydrogen) atoms. The second kappa shape index (κ2) is 5.88. The van der Waals surface area contributed by atoms with Gasteiger partial charge in [-0.2, -0.15) is 0 Å². The van der Waals surface area contributed by atoms with Crippen LogP contribution in [0.15, 0.2) is 42.5 Å². The zero-order chi connectivity index (χ0) is 14.7. The third-order valence-corrected chi connectivity index (χ3v) is 3.62. The van der Waals surface area contributed by atoms with Crippen LogP contribution in [0.4, 0.5) is 5.69 Å². The molecule has 3 heteroatoms. The summed E-state index contributed by atoms with van der Waals surface area (Å²) in [5, 5.41) is 0. The minimum atomic E-state index is -0.0168. The van der Waals surface area contributed by atoms with E-state index in [4.69, 9.17) is 5.73 Å². The van der Waals surface area contributed by atoms with Gasteiger partial charge in [0, 0.05) is 24.8 Å². The van der Waals surface area contributed by atoms with Crippen molar-refractivity contribution in [1.29, 1.82) is 0 Å². The monoisotopic (exact) mass is 268 g/mol. The molecule has 0 radical (unpaired) electrons. The van der Waals surface area contributed by atoms with Crippen molar-refractivity contribution >= 4 is 11.6 Å². The average molecular weight is 268 g/mol. The molecule has 0 aliphatic carbocycles. The van der Waals surface area contributed by atoms with Crippen molar-refractivity contribution in [2.24, 2.45) is 5.73 Å². The molecule has 3 nitrogen and oxygen atoms in total. The number of hydrogen-bond donors (Lipinski definition) is 1. The molecule has 0 saturated carbocycles. The first-order chi connectivity index (χ1) is 9.52. The molecule has 2 aromatic carbocycles. The molecule has 0 fully saturated rings. The van der Waals surface area contributed by atoms with Crippen LogP contribution in [0.1, 0.15) is 27.0 Å². The molecule has 2 aromatic rings. The van der Waals surface area contributed by atoms with Crippen LogP contribution in [0.2, 0.25) is 0 Å². The summed E-state index contributed by atoms with van der Waals surface area (Å²) in [6.45, 7) is 4.60. The molecule has 0 bridgehead atoms. The highest BCUT2D eigenvalue weighted by Crippen LogP contribution is 2.19. The Hall–Kier alpha value is -2.13. The summed E-state index contributed by atoms with van der Waals surface area (Å²) in [7, 11) is 1.79. The van der Waals surface area contributed by atoms with Crippen LogP contribution in [0.3, 0.4) is 0 Å². The van der Waals surface area contributed by atoms with Gasteiger partial charge in [0.2, 0.25) is 0 Å². The van der Waals surface area contributed by atoms with Crippen LogP contribution in [-0.4, -0.2) is 13.0 Å². The molecule has 0 aliphatic rings. The van der Waals surface area contributed by atoms with Crippen LogP contribution < -0.4 is 10.6 Å². The average Bonchev–Trinajstić information content (AvgIpc) is 2.48. The number of hydrogen-bond acceptors (Lipinski definition) is 2. The highest BCUT2D eigenvalue weighted by Gasteiger charge is 2.13. The van der Waals surface area contributed by atoms with Gasteiger partial charge in [-0.05, 0) is 54.8 Å². The zero-order valence-corrected chi connectivity index (χ0v) is 12.2. The maximum Gasteiger partial charge on any atom is 0.258 e. The van der Waals surface area contributed by atoms with Crippen LogP contribution in [-0.2, 0) is 6.54 Å². The minimum absolute atomic E-state index is 0.0168. The van der Waals surface area contributed by atoms with Crippen molar-refractivity contribution in [3.63, 3.8) is 0 Å². The number of benzene rings is 2. The topological polar surface area (TPSA) is 46.3 Å². The quantitative estimate of drug-likeness (QED) is 0.930. The van der Waals surface area contributed by atoms with E-state index in [-0.39, 0.29) is 5.91 Å². The first-order valence-electron chi connectivity index (χ1n) is 6.67. The summed E-state index contributed by atoms with van der Waals surface area (Å²) < 4.78 is 0. The first-order valence-corrected chi connectivity index (χ1v) is 6.67. The maximum absolute atomic E-state index is 12.4. The van der Waals surface area contributed by atoms with Crippen LogP contribution in [0.5, 0.6) is 0 Å². The summed E-state index contributed by atoms with van der Waals surface area (Å²) in [5.74, 6) is -0.0168. The summed E-state index contributed by atoms with van der Waals surface area (Å²) in [5.41, 5.74) is 10.6. The molecule has 0 unspecified atom stereocenters. The molecule has 0 saturated heterocycles. The van der Waals surface area contributed by atoms with E-state index < -0.39 is 0 Å². The van der Waals surface area contributed by atoms with E-state index in [1.807, 2.05) is 49.4 Å². The van der Waals surface area contributed by atoms with Crippen LogP contribution in [0.25, 0.3) is 0 Å². The van der Waals surface area contributed by atoms with Gasteiger partial charge in [0.15, 0.2) is 0 Å². The van der Waals surface area contributed by atoms with Gasteiger partial charge in [-0.25, -0.2) is 0 Å². The number of anilines is 1. The maximum atomic E-state index is 12.4. The van der Waals surface area contributed by atoms with Crippen molar-refractivity contribution in [3.8, 4) is 0 Å². The van der Waals surface area contributed by atoms with Crippen molar-refractivity contribution in [3.05, 3.63) is 64.7 Å². The number of aryl methyl sites for hydroxylation is 2. The SMILES string of the molecule is Cc1ccc(N(C)C(=O)c2ccc(CN)cc2)cc1C. The lowest BCUT2D eigenvalue weighted by molar-refractivity contribution is 0.0993. The van der Waals surface area contributed by atoms with Gasteiger partial charge in [-0.3, -0.25) is 4.79 Å². The van der Waals surface area contributed by atoms with Gasteiger partial charge in [0.05, 0.1) is 0 Å². The Morgan fingerprint density at radius 3 is 2.25 bits per heavy atom. The lowest BCUT2D eigenvalue weighted by atomic mass is 10.1. The highest BCUT2D eigenvalue weighted by atomic mass is 16.2. The second-order valence-corrected chi connectivity index (χ2v) is 5.03. The van der Waals surface area contributed by atoms with Gasteiger partial charge in [-0.15, -0.1) is 0 Å². The molecular weight excluding hydrogens is 248 g/mol. The van der Waals surface area contributed by atoms with Gasteiger partial charge in [-0.1, -0.05) is 18.2 Å². The summed E-state index contributed by atoms with van der Waals surface area (Å²) in [6.07, 6.45) is 0. The van der Waals surface area contributed by atoms with E-state index in [1.54, 1.807) is 11.9 Å². The lowest BCUT2D eigenvalue weighted by Gasteiger charge is -2.18. The van der Waals surface area contributed by atoms with Crippen molar-refractivity contribution in [1.82, 2.24) is 0 Å². The van der Waals surface area contributed by atoms with E-state index in [1.165, 1.54) is 11.1 Å². The van der Waals surface area contributed by atoms with E-state index in [0.717, 1.165) is 11.3 Å². The first kappa shape index (κ1) is 14.3. The summed E-state index contributed by atoms with van der Waals surface area (Å²) >= 11 is 0. The minimum Gasteiger partial charge on any atom is -0.326 e. The van der Waals surface area contributed by atoms with Gasteiger partial charge in [0.1, 0.15) is 0 Å². The Bertz CT molecular complexity index is 617. The fourth-order valence-electron chi connectivity index (χ4n) is 2.03. The number of carbonyl (C=O) groups excluding carboxylic acids is 1. The van der Waals surface area contributed by atoms with Crippen molar-refractivity contribution in [2.75, 3.05) is 11.9 Å². The van der Waals surface area contributed by atoms with Crippen LogP contribution in [0, 0.1) is 13.8 Å². The smallest absolute Gasteiger partial charge is 0.258 e. The van der Waals surface area contributed by atoms with E-state index in [2.05, 4.69) is 6.92 Å². The molecule has 104 valence electrons. The Kier molecular flexibility index (Phi) is 4.20. The predicted octanol–water partition coefficient (Wildman–Crippen LogP) is 3.04. The van der Waals surface area contributed by atoms with Crippen LogP contribution >= 0.6 is 0 Å². The number of nitrogens with two attached hydrogens (primary N) is 1. The highest BCUT2D eigenvalue weighted by molar-refractivity contribution is 6.05. The normalized spacial score (nSPS) is 10.4. The van der Waals surface area contributed by atoms with E-state index in [9.17, 15) is 4.79 Å². The molecule has 0 atom stereocenters. The second-order valence-electron chi connectivity index (χ2n) is 5.03. The standard InChI is InChI=1S/C17H20N2O/c1-12-4-9-16(10-13(12)2)19(3)17(20)15-7-5-14(11-18)6-8-15/h4-10H,11,18H2,1-3H3. The third-order valence-electron chi connectivity index (χ3n) is 3.62. The van der Waals surface area contributed by atoms with Gasteiger partial charge >= 0.3 is 0 Å². The Balaban J connectivity index is 2.24. The largest absolute Gasteiger partial charge is 0.326 e. The molecule has 0 spiro atoms. The zero-order valence-electron chi connectivity index (χ0n) is 12.2. The van der Waals surface area contributed by atoms with E-state index >= 15 is 0 Å². The Labute approximate surface area is 120 Å². The Morgan fingerprint density at radius 2 is 1.70 bits per heavy atom. The molecule has 0 aliphatic heterocycles. The van der Waals surface area contributed by atoms with Crippen molar-refractivity contribution in [2.45, 2.75) is 20.4 Å². The summed E-state index contributed by atoms with van der Waals surface area (Å²) in [6, 6.07) is 13.5. The number of rotatable bonds is 3.